The summed E-state index contributed by atoms with van der Waals surface area (Å²) in [5.74, 6) is 0. The SMILES string of the molecule is C[C@@H]1N=CC=CC1F. The van der Waals surface area contributed by atoms with Crippen LogP contribution in [0.3, 0.4) is 0 Å². The molecule has 1 nitrogen and oxygen atoms in total. The van der Waals surface area contributed by atoms with Gasteiger partial charge in [0.15, 0.2) is 0 Å². The van der Waals surface area contributed by atoms with Crippen LogP contribution >= 0.6 is 0 Å². The minimum absolute atomic E-state index is 0.181. The molecule has 1 rings (SSSR count). The third-order valence-electron chi connectivity index (χ3n) is 1.16. The highest BCUT2D eigenvalue weighted by Gasteiger charge is 2.11. The molecule has 44 valence electrons. The molecule has 0 aliphatic carbocycles. The predicted octanol–water partition coefficient (Wildman–Crippen LogP) is 1.35. The molecule has 0 aromatic carbocycles. The first kappa shape index (κ1) is 5.48. The zero-order chi connectivity index (χ0) is 5.98. The van der Waals surface area contributed by atoms with Crippen molar-refractivity contribution in [2.75, 3.05) is 0 Å². The molecule has 1 aliphatic rings. The minimum Gasteiger partial charge on any atom is -0.287 e. The molecule has 0 saturated heterocycles. The van der Waals surface area contributed by atoms with E-state index < -0.39 is 6.17 Å². The van der Waals surface area contributed by atoms with Gasteiger partial charge in [0.1, 0.15) is 6.17 Å². The predicted molar refractivity (Wildman–Crippen MR) is 32.0 cm³/mol. The van der Waals surface area contributed by atoms with Crippen LogP contribution in [0.1, 0.15) is 6.92 Å². The van der Waals surface area contributed by atoms with E-state index in [9.17, 15) is 4.39 Å². The molecule has 8 heavy (non-hydrogen) atoms. The number of nitrogens with zero attached hydrogens (tertiary/aromatic N) is 1. The van der Waals surface area contributed by atoms with E-state index in [1.165, 1.54) is 6.08 Å². The Labute approximate surface area is 47.9 Å². The van der Waals surface area contributed by atoms with Crippen LogP contribution in [0, 0.1) is 0 Å². The van der Waals surface area contributed by atoms with Crippen LogP contribution in [0.2, 0.25) is 0 Å². The van der Waals surface area contributed by atoms with Crippen molar-refractivity contribution in [1.29, 1.82) is 0 Å². The number of hydrogen-bond acceptors (Lipinski definition) is 1. The fourth-order valence-electron chi connectivity index (χ4n) is 0.584. The summed E-state index contributed by atoms with van der Waals surface area (Å²) in [5.41, 5.74) is 0. The Balaban J connectivity index is 2.59. The maximum Gasteiger partial charge on any atom is 0.141 e. The normalized spacial score (nSPS) is 35.8. The summed E-state index contributed by atoms with van der Waals surface area (Å²) in [6.07, 6.45) is 3.89. The Kier molecular flexibility index (Phi) is 1.42. The third-order valence-corrected chi connectivity index (χ3v) is 1.16. The van der Waals surface area contributed by atoms with E-state index in [1.807, 2.05) is 0 Å². The molecule has 2 atom stereocenters. The molecular formula is C6H8FN. The van der Waals surface area contributed by atoms with Crippen LogP contribution in [-0.4, -0.2) is 18.4 Å². The fourth-order valence-corrected chi connectivity index (χ4v) is 0.584. The Morgan fingerprint density at radius 2 is 2.38 bits per heavy atom. The number of dihydropyridines is 1. The van der Waals surface area contributed by atoms with Crippen LogP contribution in [0.5, 0.6) is 0 Å². The molecule has 0 aromatic heterocycles. The highest BCUT2D eigenvalue weighted by atomic mass is 19.1. The van der Waals surface area contributed by atoms with E-state index in [0.29, 0.717) is 0 Å². The van der Waals surface area contributed by atoms with Gasteiger partial charge in [0.25, 0.3) is 0 Å². The molecule has 1 heterocycles. The van der Waals surface area contributed by atoms with Crippen LogP contribution in [0.25, 0.3) is 0 Å². The van der Waals surface area contributed by atoms with Gasteiger partial charge >= 0.3 is 0 Å². The summed E-state index contributed by atoms with van der Waals surface area (Å²) in [6.45, 7) is 1.75. The van der Waals surface area contributed by atoms with Crippen LogP contribution < -0.4 is 0 Å². The molecule has 0 amide bonds. The highest BCUT2D eigenvalue weighted by Crippen LogP contribution is 2.06. The lowest BCUT2D eigenvalue weighted by atomic mass is 10.2. The summed E-state index contributed by atoms with van der Waals surface area (Å²) in [6, 6.07) is -0.181. The van der Waals surface area contributed by atoms with Crippen molar-refractivity contribution in [3.63, 3.8) is 0 Å². The van der Waals surface area contributed by atoms with Gasteiger partial charge in [-0.1, -0.05) is 0 Å². The molecule has 0 radical (unpaired) electrons. The first-order valence-corrected chi connectivity index (χ1v) is 2.65. The molecule has 0 saturated carbocycles. The second-order valence-electron chi connectivity index (χ2n) is 1.87. The fraction of sp³-hybridized carbons (Fsp3) is 0.500. The van der Waals surface area contributed by atoms with Gasteiger partial charge in [-0.2, -0.15) is 0 Å². The van der Waals surface area contributed by atoms with E-state index in [4.69, 9.17) is 0 Å². The Morgan fingerprint density at radius 1 is 1.62 bits per heavy atom. The van der Waals surface area contributed by atoms with Gasteiger partial charge in [-0.05, 0) is 19.1 Å². The zero-order valence-corrected chi connectivity index (χ0v) is 4.71. The highest BCUT2D eigenvalue weighted by molar-refractivity contribution is 5.72. The minimum atomic E-state index is -0.875. The van der Waals surface area contributed by atoms with Crippen molar-refractivity contribution < 1.29 is 4.39 Å². The van der Waals surface area contributed by atoms with E-state index in [2.05, 4.69) is 4.99 Å². The van der Waals surface area contributed by atoms with Crippen molar-refractivity contribution in [2.45, 2.75) is 19.1 Å². The molecular weight excluding hydrogens is 105 g/mol. The number of allylic oxidation sites excluding steroid dienone is 1. The van der Waals surface area contributed by atoms with Crippen molar-refractivity contribution >= 4 is 6.21 Å². The number of hydrogen-bond donors (Lipinski definition) is 0. The van der Waals surface area contributed by atoms with Crippen LogP contribution in [0.4, 0.5) is 4.39 Å². The molecule has 0 N–H and O–H groups in total. The van der Waals surface area contributed by atoms with Crippen LogP contribution in [0.15, 0.2) is 17.1 Å². The monoisotopic (exact) mass is 113 g/mol. The number of alkyl halides is 1. The summed E-state index contributed by atoms with van der Waals surface area (Å²) in [5, 5.41) is 0. The number of rotatable bonds is 0. The summed E-state index contributed by atoms with van der Waals surface area (Å²) in [7, 11) is 0. The number of halogens is 1. The molecule has 1 unspecified atom stereocenters. The van der Waals surface area contributed by atoms with Gasteiger partial charge in [0.05, 0.1) is 6.04 Å². The van der Waals surface area contributed by atoms with Gasteiger partial charge in [-0.25, -0.2) is 4.39 Å². The zero-order valence-electron chi connectivity index (χ0n) is 4.71. The van der Waals surface area contributed by atoms with E-state index in [0.717, 1.165) is 0 Å². The second kappa shape index (κ2) is 2.07. The van der Waals surface area contributed by atoms with Crippen molar-refractivity contribution in [3.8, 4) is 0 Å². The van der Waals surface area contributed by atoms with Gasteiger partial charge < -0.3 is 0 Å². The topological polar surface area (TPSA) is 12.4 Å². The molecule has 1 aliphatic heterocycles. The van der Waals surface area contributed by atoms with Gasteiger partial charge in [0.2, 0.25) is 0 Å². The third kappa shape index (κ3) is 0.941. The van der Waals surface area contributed by atoms with Gasteiger partial charge in [-0.15, -0.1) is 0 Å². The average Bonchev–Trinajstić information content (AvgIpc) is 1.77. The Hall–Kier alpha value is -0.660. The molecule has 0 fully saturated rings. The Bertz CT molecular complexity index is 112. The summed E-state index contributed by atoms with van der Waals surface area (Å²) < 4.78 is 12.4. The lowest BCUT2D eigenvalue weighted by Crippen LogP contribution is -2.15. The largest absolute Gasteiger partial charge is 0.287 e. The maximum atomic E-state index is 12.4. The quantitative estimate of drug-likeness (QED) is 0.449. The van der Waals surface area contributed by atoms with Gasteiger partial charge in [0, 0.05) is 6.21 Å². The summed E-state index contributed by atoms with van der Waals surface area (Å²) >= 11 is 0. The average molecular weight is 113 g/mol. The van der Waals surface area contributed by atoms with E-state index in [-0.39, 0.29) is 6.04 Å². The molecule has 2 heteroatoms. The lowest BCUT2D eigenvalue weighted by Gasteiger charge is -2.09. The van der Waals surface area contributed by atoms with E-state index >= 15 is 0 Å². The standard InChI is InChI=1S/C6H8FN/c1-5-6(7)3-2-4-8-5/h2-6H,1H3/t5-,6?/m0/s1. The molecule has 0 spiro atoms. The van der Waals surface area contributed by atoms with Crippen molar-refractivity contribution in [3.05, 3.63) is 12.2 Å². The maximum absolute atomic E-state index is 12.4. The van der Waals surface area contributed by atoms with Gasteiger partial charge in [-0.3, -0.25) is 4.99 Å². The first-order chi connectivity index (χ1) is 3.80. The van der Waals surface area contributed by atoms with Crippen molar-refractivity contribution in [2.24, 2.45) is 4.99 Å². The smallest absolute Gasteiger partial charge is 0.141 e. The summed E-state index contributed by atoms with van der Waals surface area (Å²) in [4.78, 5) is 3.82. The second-order valence-corrected chi connectivity index (χ2v) is 1.87. The molecule has 0 aromatic rings. The number of aliphatic imine (C=N–C) groups is 1. The molecule has 0 bridgehead atoms. The van der Waals surface area contributed by atoms with E-state index in [1.54, 1.807) is 19.2 Å². The first-order valence-electron chi connectivity index (χ1n) is 2.65. The van der Waals surface area contributed by atoms with Crippen molar-refractivity contribution in [1.82, 2.24) is 0 Å². The van der Waals surface area contributed by atoms with Crippen LogP contribution in [-0.2, 0) is 0 Å². The lowest BCUT2D eigenvalue weighted by molar-refractivity contribution is 0.353. The Morgan fingerprint density at radius 3 is 2.75 bits per heavy atom.